The first-order valence-electron chi connectivity index (χ1n) is 24.0. The van der Waals surface area contributed by atoms with Crippen molar-refractivity contribution in [3.05, 3.63) is 122 Å². The van der Waals surface area contributed by atoms with Gasteiger partial charge in [-0.1, -0.05) is 186 Å². The Balaban J connectivity index is 2.20. The molecule has 1 aliphatic rings. The van der Waals surface area contributed by atoms with Crippen LogP contribution in [-0.2, 0) is 0 Å². The second-order valence-corrected chi connectivity index (χ2v) is 15.9. The Hall–Kier alpha value is -2.60. The van der Waals surface area contributed by atoms with Gasteiger partial charge in [-0.25, -0.2) is 0 Å². The summed E-state index contributed by atoms with van der Waals surface area (Å²) >= 11 is 0. The Morgan fingerprint density at radius 1 is 0.109 bits per heavy atom. The minimum Gasteiger partial charge on any atom is -0.0885 e. The molecule has 0 fully saturated rings. The molecule has 0 saturated heterocycles. The molecule has 0 radical (unpaired) electrons. The number of hydrogen-bond acceptors (Lipinski definition) is 0. The van der Waals surface area contributed by atoms with E-state index in [1.165, 1.54) is 193 Å². The summed E-state index contributed by atoms with van der Waals surface area (Å²) in [6.07, 6.45) is 92.5. The maximum absolute atomic E-state index is 2.44. The largest absolute Gasteiger partial charge is 0.0885 e. The van der Waals surface area contributed by atoms with Crippen LogP contribution in [0.25, 0.3) is 0 Å². The molecule has 0 amide bonds. The lowest BCUT2D eigenvalue weighted by Crippen LogP contribution is -1.79. The Bertz CT molecular complexity index is 1050. The third-order valence-electron chi connectivity index (χ3n) is 10.5. The van der Waals surface area contributed by atoms with Crippen LogP contribution < -0.4 is 0 Å². The zero-order valence-corrected chi connectivity index (χ0v) is 36.3. The average molecular weight is 751 g/mol. The molecule has 0 saturated carbocycles. The maximum atomic E-state index is 2.44. The molecule has 310 valence electrons. The summed E-state index contributed by atoms with van der Waals surface area (Å²) in [5, 5.41) is 0. The van der Waals surface area contributed by atoms with Gasteiger partial charge in [-0.3, -0.25) is 0 Å². The minimum absolute atomic E-state index is 1.04. The fraction of sp³-hybridized carbons (Fsp3) is 0.636. The van der Waals surface area contributed by atoms with Crippen LogP contribution in [0.4, 0.5) is 0 Å². The monoisotopic (exact) mass is 751 g/mol. The smallest absolute Gasteiger partial charge is 0.0169 e. The molecular formula is C55H90. The molecule has 0 aromatic heterocycles. The molecule has 55 heavy (non-hydrogen) atoms. The van der Waals surface area contributed by atoms with Crippen molar-refractivity contribution in [2.75, 3.05) is 0 Å². The summed E-state index contributed by atoms with van der Waals surface area (Å²) in [5.74, 6) is 0. The van der Waals surface area contributed by atoms with Crippen LogP contribution in [0.2, 0.25) is 0 Å². The first kappa shape index (κ1) is 50.4. The summed E-state index contributed by atoms with van der Waals surface area (Å²) in [5.41, 5.74) is 0. The van der Waals surface area contributed by atoms with Gasteiger partial charge in [0.1, 0.15) is 0 Å². The lowest BCUT2D eigenvalue weighted by Gasteiger charge is -1.99. The van der Waals surface area contributed by atoms with E-state index in [1.807, 2.05) is 0 Å². The Morgan fingerprint density at radius 3 is 0.364 bits per heavy atom. The quantitative estimate of drug-likeness (QED) is 0.216. The molecule has 0 heteroatoms. The van der Waals surface area contributed by atoms with Crippen molar-refractivity contribution in [1.29, 1.82) is 0 Å². The van der Waals surface area contributed by atoms with Gasteiger partial charge in [0.05, 0.1) is 0 Å². The molecule has 0 N–H and O–H groups in total. The van der Waals surface area contributed by atoms with Gasteiger partial charge in [0.15, 0.2) is 0 Å². The summed E-state index contributed by atoms with van der Waals surface area (Å²) in [7, 11) is 0. The van der Waals surface area contributed by atoms with E-state index < -0.39 is 0 Å². The van der Waals surface area contributed by atoms with E-state index in [4.69, 9.17) is 0 Å². The van der Waals surface area contributed by atoms with Gasteiger partial charge in [0.2, 0.25) is 0 Å². The van der Waals surface area contributed by atoms with Crippen molar-refractivity contribution in [3.63, 3.8) is 0 Å². The van der Waals surface area contributed by atoms with Crippen molar-refractivity contribution >= 4 is 0 Å². The summed E-state index contributed by atoms with van der Waals surface area (Å²) in [6, 6.07) is 0. The SMILES string of the molecule is C1=CCC=CCC=CCCCCCCC=CCCCCCCC=CCCCCCCC=CCCCCCCC=CCC=CCCCCCCC=CCC=CC1. The molecule has 0 spiro atoms. The lowest BCUT2D eigenvalue weighted by atomic mass is 10.1. The van der Waals surface area contributed by atoms with Gasteiger partial charge in [-0.05, 0) is 161 Å². The molecule has 0 bridgehead atoms. The van der Waals surface area contributed by atoms with Crippen LogP contribution in [0.15, 0.2) is 122 Å². The molecule has 0 aromatic rings. The fourth-order valence-electron chi connectivity index (χ4n) is 6.92. The van der Waals surface area contributed by atoms with Crippen molar-refractivity contribution < 1.29 is 0 Å². The highest BCUT2D eigenvalue weighted by Crippen LogP contribution is 2.12. The zero-order valence-electron chi connectivity index (χ0n) is 36.3. The number of allylic oxidation sites excluding steroid dienone is 20. The van der Waals surface area contributed by atoms with Gasteiger partial charge < -0.3 is 0 Å². The van der Waals surface area contributed by atoms with Gasteiger partial charge >= 0.3 is 0 Å². The first-order chi connectivity index (χ1) is 27.5. The van der Waals surface area contributed by atoms with Crippen LogP contribution in [0, 0.1) is 0 Å². The van der Waals surface area contributed by atoms with Gasteiger partial charge in [-0.15, -0.1) is 0 Å². The van der Waals surface area contributed by atoms with Crippen LogP contribution >= 0.6 is 0 Å². The second-order valence-electron chi connectivity index (χ2n) is 15.9. The van der Waals surface area contributed by atoms with E-state index >= 15 is 0 Å². The molecule has 0 atom stereocenters. The molecular weight excluding hydrogens is 661 g/mol. The van der Waals surface area contributed by atoms with Gasteiger partial charge in [0.25, 0.3) is 0 Å². The Kier molecular flexibility index (Phi) is 43.6. The van der Waals surface area contributed by atoms with Crippen molar-refractivity contribution in [3.8, 4) is 0 Å². The van der Waals surface area contributed by atoms with E-state index in [-0.39, 0.29) is 0 Å². The minimum atomic E-state index is 1.04. The van der Waals surface area contributed by atoms with Crippen LogP contribution in [0.5, 0.6) is 0 Å². The zero-order chi connectivity index (χ0) is 38.9. The van der Waals surface area contributed by atoms with Gasteiger partial charge in [0, 0.05) is 0 Å². The third-order valence-corrected chi connectivity index (χ3v) is 10.5. The summed E-state index contributed by atoms with van der Waals surface area (Å²) in [6.45, 7) is 0. The molecule has 0 nitrogen and oxygen atoms in total. The first-order valence-corrected chi connectivity index (χ1v) is 24.0. The Labute approximate surface area is 345 Å². The van der Waals surface area contributed by atoms with E-state index in [2.05, 4.69) is 122 Å². The molecule has 1 rings (SSSR count). The highest BCUT2D eigenvalue weighted by Gasteiger charge is 1.92. The van der Waals surface area contributed by atoms with Crippen LogP contribution in [-0.4, -0.2) is 0 Å². The molecule has 0 heterocycles. The summed E-state index contributed by atoms with van der Waals surface area (Å²) in [4.78, 5) is 0. The van der Waals surface area contributed by atoms with Crippen LogP contribution in [0.3, 0.4) is 0 Å². The highest BCUT2D eigenvalue weighted by atomic mass is 14.0. The molecule has 1 aliphatic carbocycles. The van der Waals surface area contributed by atoms with E-state index in [0.717, 1.165) is 32.1 Å². The fourth-order valence-corrected chi connectivity index (χ4v) is 6.92. The van der Waals surface area contributed by atoms with Crippen molar-refractivity contribution in [2.24, 2.45) is 0 Å². The van der Waals surface area contributed by atoms with E-state index in [0.29, 0.717) is 0 Å². The summed E-state index contributed by atoms with van der Waals surface area (Å²) < 4.78 is 0. The second kappa shape index (κ2) is 47.6. The molecule has 0 unspecified atom stereocenters. The average Bonchev–Trinajstić information content (AvgIpc) is 3.20. The van der Waals surface area contributed by atoms with E-state index in [9.17, 15) is 0 Å². The van der Waals surface area contributed by atoms with Gasteiger partial charge in [-0.2, -0.15) is 0 Å². The van der Waals surface area contributed by atoms with Crippen molar-refractivity contribution in [2.45, 2.75) is 225 Å². The normalized spacial score (nSPS) is 21.1. The van der Waals surface area contributed by atoms with Crippen LogP contribution in [0.1, 0.15) is 225 Å². The molecule has 0 aromatic carbocycles. The third kappa shape index (κ3) is 45.7. The number of hydrogen-bond donors (Lipinski definition) is 0. The standard InChI is InChI=1S/C55H90/c1-2-4-6-8-10-12-14-16-18-20-22-24-26-28-30-32-34-36-38-40-42-44-46-48-50-52-54-55-53-51-49-47-45-43-41-39-37-35-33-31-29-27-25-23-21-19-17-15-13-11-9-7-5-3-1/h1-2,5-8,11-14,27-30,33,35,44,46,49,51H,3-4,9-10,15-26,31-32,34,36-43,45,47-48,50,52-55H2. The molecule has 0 aliphatic heterocycles. The van der Waals surface area contributed by atoms with E-state index in [1.54, 1.807) is 0 Å². The highest BCUT2D eigenvalue weighted by molar-refractivity contribution is 5.01. The maximum Gasteiger partial charge on any atom is -0.0169 e. The topological polar surface area (TPSA) is 0 Å². The lowest BCUT2D eigenvalue weighted by molar-refractivity contribution is 0.640. The van der Waals surface area contributed by atoms with Crippen molar-refractivity contribution in [1.82, 2.24) is 0 Å². The Morgan fingerprint density at radius 2 is 0.218 bits per heavy atom. The predicted octanol–water partition coefficient (Wildman–Crippen LogP) is 19.2. The number of rotatable bonds is 0. The predicted molar refractivity (Wildman–Crippen MR) is 253 cm³/mol.